The van der Waals surface area contributed by atoms with Crippen LogP contribution in [0.4, 0.5) is 5.69 Å². The quantitative estimate of drug-likeness (QED) is 0.541. The molecule has 3 saturated heterocycles. The Morgan fingerprint density at radius 3 is 2.32 bits per heavy atom. The molecule has 4 aliphatic rings. The van der Waals surface area contributed by atoms with Crippen molar-refractivity contribution in [1.29, 1.82) is 0 Å². The monoisotopic (exact) mass is 515 g/mol. The molecule has 0 saturated carbocycles. The van der Waals surface area contributed by atoms with Crippen LogP contribution in [-0.2, 0) is 16.0 Å². The number of amides is 3. The second kappa shape index (κ2) is 10.9. The van der Waals surface area contributed by atoms with Gasteiger partial charge in [0.2, 0.25) is 5.91 Å². The summed E-state index contributed by atoms with van der Waals surface area (Å²) in [6.45, 7) is 4.14. The molecule has 2 aromatic carbocycles. The van der Waals surface area contributed by atoms with E-state index in [2.05, 4.69) is 40.1 Å². The van der Waals surface area contributed by atoms with E-state index in [0.29, 0.717) is 43.3 Å². The molecule has 0 aromatic heterocycles. The number of likely N-dealkylation sites (tertiary alicyclic amines) is 1. The van der Waals surface area contributed by atoms with E-state index in [-0.39, 0.29) is 29.7 Å². The fourth-order valence-electron chi connectivity index (χ4n) is 6.67. The van der Waals surface area contributed by atoms with Crippen molar-refractivity contribution >= 4 is 23.4 Å². The van der Waals surface area contributed by atoms with Crippen LogP contribution in [0.5, 0.6) is 0 Å². The average Bonchev–Trinajstić information content (AvgIpc) is 3.57. The first-order valence-electron chi connectivity index (χ1n) is 14.3. The van der Waals surface area contributed by atoms with Crippen LogP contribution in [0.15, 0.2) is 48.5 Å². The first kappa shape index (κ1) is 25.1. The smallest absolute Gasteiger partial charge is 0.263 e. The summed E-state index contributed by atoms with van der Waals surface area (Å²) < 4.78 is 5.68. The lowest BCUT2D eigenvalue weighted by Crippen LogP contribution is -2.46. The van der Waals surface area contributed by atoms with Crippen molar-refractivity contribution in [3.8, 4) is 0 Å². The van der Waals surface area contributed by atoms with Gasteiger partial charge in [-0.25, -0.2) is 0 Å². The van der Waals surface area contributed by atoms with Crippen molar-refractivity contribution in [2.75, 3.05) is 44.2 Å². The molecule has 2 aromatic rings. The third-order valence-electron chi connectivity index (χ3n) is 8.87. The van der Waals surface area contributed by atoms with Gasteiger partial charge in [0, 0.05) is 38.7 Å². The molecule has 0 spiro atoms. The molecule has 7 nitrogen and oxygen atoms in total. The average molecular weight is 516 g/mol. The summed E-state index contributed by atoms with van der Waals surface area (Å²) >= 11 is 0. The molecule has 6 rings (SSSR count). The molecule has 200 valence electrons. The first-order valence-corrected chi connectivity index (χ1v) is 14.3. The number of piperidine rings is 2. The number of fused-ring (bicyclic) bond motifs is 1. The maximum atomic E-state index is 13.3. The highest BCUT2D eigenvalue weighted by Gasteiger charge is 2.41. The molecule has 3 fully saturated rings. The fourth-order valence-corrected chi connectivity index (χ4v) is 6.67. The molecule has 0 aliphatic carbocycles. The number of nitrogens with zero attached hydrogens (tertiary/aromatic N) is 3. The van der Waals surface area contributed by atoms with E-state index in [0.717, 1.165) is 63.7 Å². The van der Waals surface area contributed by atoms with Crippen LogP contribution in [0.2, 0.25) is 0 Å². The van der Waals surface area contributed by atoms with E-state index in [1.807, 2.05) is 12.1 Å². The zero-order valence-electron chi connectivity index (χ0n) is 22.0. The third-order valence-corrected chi connectivity index (χ3v) is 8.87. The number of benzene rings is 2. The highest BCUT2D eigenvalue weighted by atomic mass is 16.5. The molecular formula is C31H37N3O4. The van der Waals surface area contributed by atoms with Crippen LogP contribution >= 0.6 is 0 Å². The van der Waals surface area contributed by atoms with E-state index in [1.54, 1.807) is 6.07 Å². The molecule has 0 bridgehead atoms. The molecule has 38 heavy (non-hydrogen) atoms. The lowest BCUT2D eigenvalue weighted by Gasteiger charge is -2.38. The fraction of sp³-hybridized carbons (Fsp3) is 0.516. The largest absolute Gasteiger partial charge is 0.376 e. The predicted molar refractivity (Wildman–Crippen MR) is 145 cm³/mol. The van der Waals surface area contributed by atoms with E-state index in [1.165, 1.54) is 10.5 Å². The normalized spacial score (nSPS) is 22.8. The Hall–Kier alpha value is -3.19. The number of anilines is 1. The Morgan fingerprint density at radius 2 is 1.61 bits per heavy atom. The van der Waals surface area contributed by atoms with Crippen LogP contribution in [0.1, 0.15) is 64.8 Å². The lowest BCUT2D eigenvalue weighted by molar-refractivity contribution is -0.137. The summed E-state index contributed by atoms with van der Waals surface area (Å²) in [6.07, 6.45) is 6.55. The number of carbonyl (C=O) groups is 3. The SMILES string of the molecule is O=C(C1CCN(c2cccc3c2C(=O)N(C[C@@H]2CCCO2)C3=O)CC1)N1CCC(Cc2ccccc2)CC1. The minimum Gasteiger partial charge on any atom is -0.376 e. The van der Waals surface area contributed by atoms with Crippen molar-refractivity contribution in [2.45, 2.75) is 51.0 Å². The van der Waals surface area contributed by atoms with Gasteiger partial charge in [0.05, 0.1) is 29.5 Å². The maximum Gasteiger partial charge on any atom is 0.263 e. The first-order chi connectivity index (χ1) is 18.6. The maximum absolute atomic E-state index is 13.3. The van der Waals surface area contributed by atoms with Gasteiger partial charge in [0.15, 0.2) is 0 Å². The Labute approximate surface area is 224 Å². The molecule has 0 unspecified atom stereocenters. The Morgan fingerprint density at radius 1 is 0.842 bits per heavy atom. The number of ether oxygens (including phenoxy) is 1. The third kappa shape index (κ3) is 4.96. The Kier molecular flexibility index (Phi) is 7.20. The van der Waals surface area contributed by atoms with Crippen molar-refractivity contribution in [2.24, 2.45) is 11.8 Å². The van der Waals surface area contributed by atoms with Gasteiger partial charge >= 0.3 is 0 Å². The summed E-state index contributed by atoms with van der Waals surface area (Å²) in [4.78, 5) is 45.4. The predicted octanol–water partition coefficient (Wildman–Crippen LogP) is 4.16. The number of carbonyl (C=O) groups excluding carboxylic acids is 3. The van der Waals surface area contributed by atoms with Crippen LogP contribution < -0.4 is 4.90 Å². The summed E-state index contributed by atoms with van der Waals surface area (Å²) in [6, 6.07) is 16.2. The van der Waals surface area contributed by atoms with E-state index >= 15 is 0 Å². The second-order valence-electron chi connectivity index (χ2n) is 11.3. The van der Waals surface area contributed by atoms with Gasteiger partial charge in [-0.15, -0.1) is 0 Å². The standard InChI is InChI=1S/C31H37N3O4/c35-29(33-15-11-23(12-16-33)20-22-6-2-1-3-7-22)24-13-17-32(18-14-24)27-10-4-9-26-28(27)31(37)34(30(26)36)21-25-8-5-19-38-25/h1-4,6-7,9-10,23-25H,5,8,11-21H2/t25-/m0/s1. The minimum absolute atomic E-state index is 0.0297. The molecule has 7 heteroatoms. The van der Waals surface area contributed by atoms with Crippen molar-refractivity contribution in [3.63, 3.8) is 0 Å². The van der Waals surface area contributed by atoms with Gasteiger partial charge in [-0.05, 0) is 68.6 Å². The number of imide groups is 1. The van der Waals surface area contributed by atoms with Crippen LogP contribution in [0.3, 0.4) is 0 Å². The Bertz CT molecular complexity index is 1180. The van der Waals surface area contributed by atoms with Crippen LogP contribution in [-0.4, -0.2) is 73.0 Å². The summed E-state index contributed by atoms with van der Waals surface area (Å²) in [5.74, 6) is 0.524. The van der Waals surface area contributed by atoms with E-state index in [4.69, 9.17) is 4.74 Å². The van der Waals surface area contributed by atoms with Gasteiger partial charge in [-0.1, -0.05) is 36.4 Å². The molecule has 0 radical (unpaired) electrons. The highest BCUT2D eigenvalue weighted by molar-refractivity contribution is 6.23. The zero-order chi connectivity index (χ0) is 26.1. The van der Waals surface area contributed by atoms with Gasteiger partial charge in [0.1, 0.15) is 0 Å². The van der Waals surface area contributed by atoms with Gasteiger partial charge in [0.25, 0.3) is 11.8 Å². The molecule has 4 aliphatic heterocycles. The zero-order valence-corrected chi connectivity index (χ0v) is 22.0. The summed E-state index contributed by atoms with van der Waals surface area (Å²) in [5, 5.41) is 0. The van der Waals surface area contributed by atoms with Gasteiger partial charge in [-0.2, -0.15) is 0 Å². The topological polar surface area (TPSA) is 70.2 Å². The molecule has 3 amide bonds. The van der Waals surface area contributed by atoms with Gasteiger partial charge in [-0.3, -0.25) is 19.3 Å². The molecule has 1 atom stereocenters. The van der Waals surface area contributed by atoms with Crippen molar-refractivity contribution in [1.82, 2.24) is 9.80 Å². The van der Waals surface area contributed by atoms with E-state index in [9.17, 15) is 14.4 Å². The highest BCUT2D eigenvalue weighted by Crippen LogP contribution is 2.35. The second-order valence-corrected chi connectivity index (χ2v) is 11.3. The van der Waals surface area contributed by atoms with Crippen molar-refractivity contribution < 1.29 is 19.1 Å². The number of rotatable bonds is 6. The lowest BCUT2D eigenvalue weighted by atomic mass is 9.88. The van der Waals surface area contributed by atoms with Crippen molar-refractivity contribution in [3.05, 3.63) is 65.2 Å². The Balaban J connectivity index is 1.04. The van der Waals surface area contributed by atoms with Crippen LogP contribution in [0, 0.1) is 11.8 Å². The van der Waals surface area contributed by atoms with E-state index < -0.39 is 0 Å². The summed E-state index contributed by atoms with van der Waals surface area (Å²) in [7, 11) is 0. The number of hydrogen-bond acceptors (Lipinski definition) is 5. The molecular weight excluding hydrogens is 478 g/mol. The minimum atomic E-state index is -0.219. The van der Waals surface area contributed by atoms with Gasteiger partial charge < -0.3 is 14.5 Å². The molecule has 4 heterocycles. The summed E-state index contributed by atoms with van der Waals surface area (Å²) in [5.41, 5.74) is 3.21. The van der Waals surface area contributed by atoms with Crippen LogP contribution in [0.25, 0.3) is 0 Å². The molecule has 0 N–H and O–H groups in total. The number of hydrogen-bond donors (Lipinski definition) is 0.